The Hall–Kier alpha value is -2.63. The highest BCUT2D eigenvalue weighted by Gasteiger charge is 2.20. The number of nitrogens with zero attached hydrogens (tertiary/aromatic N) is 5. The van der Waals surface area contributed by atoms with E-state index in [-0.39, 0.29) is 0 Å². The van der Waals surface area contributed by atoms with Crippen molar-refractivity contribution in [1.82, 2.24) is 24.9 Å². The van der Waals surface area contributed by atoms with Gasteiger partial charge in [-0.15, -0.1) is 0 Å². The van der Waals surface area contributed by atoms with Crippen LogP contribution in [-0.2, 0) is 12.8 Å². The highest BCUT2D eigenvalue weighted by atomic mass is 15.5. The summed E-state index contributed by atoms with van der Waals surface area (Å²) < 4.78 is 1.89. The molecule has 6 nitrogen and oxygen atoms in total. The van der Waals surface area contributed by atoms with Gasteiger partial charge in [0.15, 0.2) is 17.3 Å². The van der Waals surface area contributed by atoms with Gasteiger partial charge in [0.05, 0.1) is 0 Å². The van der Waals surface area contributed by atoms with Crippen molar-refractivity contribution < 1.29 is 0 Å². The number of nitrogens with one attached hydrogen (secondary N) is 1. The molecule has 0 spiro atoms. The summed E-state index contributed by atoms with van der Waals surface area (Å²) in [5.74, 6) is 2.21. The molecule has 0 saturated heterocycles. The van der Waals surface area contributed by atoms with E-state index >= 15 is 0 Å². The van der Waals surface area contributed by atoms with Gasteiger partial charge in [-0.25, -0.2) is 9.50 Å². The molecule has 2 aliphatic heterocycles. The van der Waals surface area contributed by atoms with Gasteiger partial charge in [-0.05, 0) is 41.7 Å². The van der Waals surface area contributed by atoms with E-state index in [0.717, 1.165) is 36.8 Å². The first-order valence-corrected chi connectivity index (χ1v) is 8.04. The Morgan fingerprint density at radius 3 is 3.13 bits per heavy atom. The van der Waals surface area contributed by atoms with Gasteiger partial charge in [0.1, 0.15) is 6.67 Å². The molecule has 4 rings (SSSR count). The number of hydrogen-bond donors (Lipinski definition) is 1. The zero-order chi connectivity index (χ0) is 15.8. The summed E-state index contributed by atoms with van der Waals surface area (Å²) >= 11 is 0. The Kier molecular flexibility index (Phi) is 3.37. The Balaban J connectivity index is 1.54. The second kappa shape index (κ2) is 5.53. The maximum Gasteiger partial charge on any atom is 0.155 e. The van der Waals surface area contributed by atoms with Crippen LogP contribution in [0.1, 0.15) is 25.2 Å². The molecule has 0 radical (unpaired) electrons. The van der Waals surface area contributed by atoms with Gasteiger partial charge in [-0.2, -0.15) is 10.2 Å². The molecular formula is C17H20N6. The summed E-state index contributed by atoms with van der Waals surface area (Å²) in [6, 6.07) is 4.15. The fourth-order valence-electron chi connectivity index (χ4n) is 2.92. The quantitative estimate of drug-likeness (QED) is 0.940. The number of pyridine rings is 1. The Morgan fingerprint density at radius 1 is 1.35 bits per heavy atom. The van der Waals surface area contributed by atoms with Crippen molar-refractivity contribution >= 4 is 11.5 Å². The van der Waals surface area contributed by atoms with Crippen LogP contribution in [0.5, 0.6) is 0 Å². The molecule has 2 aromatic rings. The molecule has 118 valence electrons. The van der Waals surface area contributed by atoms with Crippen molar-refractivity contribution in [2.75, 3.05) is 6.67 Å². The van der Waals surface area contributed by atoms with Crippen LogP contribution in [-0.4, -0.2) is 32.0 Å². The van der Waals surface area contributed by atoms with E-state index in [1.165, 1.54) is 11.1 Å². The fraction of sp³-hybridized carbons (Fsp3) is 0.353. The normalized spacial score (nSPS) is 17.7. The lowest BCUT2D eigenvalue weighted by Gasteiger charge is -2.20. The first-order chi connectivity index (χ1) is 11.2. The molecule has 1 N–H and O–H groups in total. The third-order valence-electron chi connectivity index (χ3n) is 4.37. The van der Waals surface area contributed by atoms with Crippen molar-refractivity contribution in [3.05, 3.63) is 53.6 Å². The van der Waals surface area contributed by atoms with Crippen molar-refractivity contribution in [3.63, 3.8) is 0 Å². The number of aryl methyl sites for hydroxylation is 1. The maximum atomic E-state index is 4.64. The molecule has 0 aromatic carbocycles. The lowest BCUT2D eigenvalue weighted by atomic mass is 9.95. The maximum absolute atomic E-state index is 4.64. The zero-order valence-electron chi connectivity index (χ0n) is 13.4. The van der Waals surface area contributed by atoms with Gasteiger partial charge >= 0.3 is 0 Å². The van der Waals surface area contributed by atoms with Gasteiger partial charge in [-0.3, -0.25) is 5.43 Å². The van der Waals surface area contributed by atoms with Crippen LogP contribution in [0.25, 0.3) is 5.65 Å². The van der Waals surface area contributed by atoms with Crippen LogP contribution in [0, 0.1) is 5.92 Å². The van der Waals surface area contributed by atoms with Crippen LogP contribution in [0.2, 0.25) is 0 Å². The Labute approximate surface area is 135 Å². The van der Waals surface area contributed by atoms with Crippen LogP contribution < -0.4 is 5.43 Å². The smallest absolute Gasteiger partial charge is 0.155 e. The predicted octanol–water partition coefficient (Wildman–Crippen LogP) is 2.10. The van der Waals surface area contributed by atoms with Gasteiger partial charge < -0.3 is 4.90 Å². The van der Waals surface area contributed by atoms with Gasteiger partial charge in [0, 0.05) is 18.8 Å². The Bertz CT molecular complexity index is 829. The standard InChI is InChI=1S/C17H20N6/c1-3-13-4-5-16-19-15(21-23(16)10-13)8-12(2)14-6-7-22-11-18-20-17(22)9-14/h4-7,9-10,12,18H,3,8,11H2,1-2H3. The highest BCUT2D eigenvalue weighted by molar-refractivity contribution is 5.96. The Morgan fingerprint density at radius 2 is 2.26 bits per heavy atom. The van der Waals surface area contributed by atoms with Gasteiger partial charge in [0.2, 0.25) is 0 Å². The van der Waals surface area contributed by atoms with Gasteiger partial charge in [0.25, 0.3) is 0 Å². The number of hydrogen-bond acceptors (Lipinski definition) is 5. The monoisotopic (exact) mass is 308 g/mol. The summed E-state index contributed by atoms with van der Waals surface area (Å²) in [5.41, 5.74) is 6.43. The SMILES string of the molecule is CCc1ccc2nc(CC(C)C3=CC4=NNCN4C=C3)nn2c1. The van der Waals surface area contributed by atoms with E-state index in [4.69, 9.17) is 0 Å². The molecule has 6 heteroatoms. The predicted molar refractivity (Wildman–Crippen MR) is 89.7 cm³/mol. The second-order valence-electron chi connectivity index (χ2n) is 6.04. The molecule has 2 aliphatic rings. The highest BCUT2D eigenvalue weighted by Crippen LogP contribution is 2.21. The van der Waals surface area contributed by atoms with E-state index in [1.807, 2.05) is 10.6 Å². The minimum Gasteiger partial charge on any atom is -0.312 e. The summed E-state index contributed by atoms with van der Waals surface area (Å²) in [7, 11) is 0. The average Bonchev–Trinajstić information content (AvgIpc) is 3.18. The lowest BCUT2D eigenvalue weighted by molar-refractivity contribution is 0.545. The molecule has 0 saturated carbocycles. The molecule has 1 unspecified atom stereocenters. The second-order valence-corrected chi connectivity index (χ2v) is 6.04. The van der Waals surface area contributed by atoms with E-state index in [9.17, 15) is 0 Å². The molecular weight excluding hydrogens is 288 g/mol. The van der Waals surface area contributed by atoms with Crippen molar-refractivity contribution in [3.8, 4) is 0 Å². The fourth-order valence-corrected chi connectivity index (χ4v) is 2.92. The van der Waals surface area contributed by atoms with Crippen LogP contribution in [0.3, 0.4) is 0 Å². The summed E-state index contributed by atoms with van der Waals surface area (Å²) in [4.78, 5) is 6.73. The zero-order valence-corrected chi connectivity index (χ0v) is 13.4. The largest absolute Gasteiger partial charge is 0.312 e. The summed E-state index contributed by atoms with van der Waals surface area (Å²) in [5, 5.41) is 8.90. The molecule has 2 aromatic heterocycles. The minimum atomic E-state index is 0.347. The average molecular weight is 308 g/mol. The topological polar surface area (TPSA) is 57.8 Å². The van der Waals surface area contributed by atoms with E-state index < -0.39 is 0 Å². The number of aromatic nitrogens is 3. The molecule has 0 fully saturated rings. The molecule has 23 heavy (non-hydrogen) atoms. The number of fused-ring (bicyclic) bond motifs is 2. The molecule has 0 bridgehead atoms. The third kappa shape index (κ3) is 2.60. The van der Waals surface area contributed by atoms with E-state index in [0.29, 0.717) is 5.92 Å². The summed E-state index contributed by atoms with van der Waals surface area (Å²) in [6.45, 7) is 5.10. The van der Waals surface area contributed by atoms with E-state index in [2.05, 4.69) is 70.0 Å². The van der Waals surface area contributed by atoms with Crippen molar-refractivity contribution in [2.24, 2.45) is 11.0 Å². The number of hydrazone groups is 1. The molecule has 0 amide bonds. The minimum absolute atomic E-state index is 0.347. The lowest BCUT2D eigenvalue weighted by Crippen LogP contribution is -2.25. The molecule has 4 heterocycles. The van der Waals surface area contributed by atoms with Crippen LogP contribution in [0.4, 0.5) is 0 Å². The summed E-state index contributed by atoms with van der Waals surface area (Å²) in [6.07, 6.45) is 10.3. The number of amidine groups is 1. The van der Waals surface area contributed by atoms with Crippen LogP contribution in [0.15, 0.2) is 47.4 Å². The first-order valence-electron chi connectivity index (χ1n) is 8.04. The first kappa shape index (κ1) is 14.0. The van der Waals surface area contributed by atoms with Crippen LogP contribution >= 0.6 is 0 Å². The third-order valence-corrected chi connectivity index (χ3v) is 4.37. The molecule has 0 aliphatic carbocycles. The molecule has 1 atom stereocenters. The van der Waals surface area contributed by atoms with E-state index in [1.54, 1.807) is 0 Å². The van der Waals surface area contributed by atoms with Crippen molar-refractivity contribution in [1.29, 1.82) is 0 Å². The van der Waals surface area contributed by atoms with Crippen molar-refractivity contribution in [2.45, 2.75) is 26.7 Å². The number of allylic oxidation sites excluding steroid dienone is 2. The number of rotatable bonds is 4. The van der Waals surface area contributed by atoms with Gasteiger partial charge in [-0.1, -0.05) is 19.9 Å².